The van der Waals surface area contributed by atoms with Crippen molar-refractivity contribution in [2.24, 2.45) is 13.0 Å². The standard InChI is InChI=1S/C16H21N5O/c1-20-14-13(3-2-8-17-14)19-16(20)21-9-6-11(7-10-21)15(22)18-12-4-5-12/h2-3,8,11-12H,4-7,9-10H2,1H3,(H,18,22). The van der Waals surface area contributed by atoms with Gasteiger partial charge in [-0.05, 0) is 37.8 Å². The molecule has 0 unspecified atom stereocenters. The summed E-state index contributed by atoms with van der Waals surface area (Å²) in [6.07, 6.45) is 5.89. The highest BCUT2D eigenvalue weighted by molar-refractivity contribution is 5.79. The monoisotopic (exact) mass is 299 g/mol. The molecule has 0 radical (unpaired) electrons. The molecule has 1 saturated carbocycles. The lowest BCUT2D eigenvalue weighted by molar-refractivity contribution is -0.125. The maximum absolute atomic E-state index is 12.1. The first kappa shape index (κ1) is 13.5. The van der Waals surface area contributed by atoms with Crippen molar-refractivity contribution in [2.75, 3.05) is 18.0 Å². The normalized spacial score (nSPS) is 19.6. The Morgan fingerprint density at radius 3 is 2.73 bits per heavy atom. The van der Waals surface area contributed by atoms with Crippen molar-refractivity contribution in [3.8, 4) is 0 Å². The first-order valence-corrected chi connectivity index (χ1v) is 8.05. The van der Waals surface area contributed by atoms with E-state index >= 15 is 0 Å². The Hall–Kier alpha value is -2.11. The number of anilines is 1. The number of piperidine rings is 1. The molecule has 3 heterocycles. The lowest BCUT2D eigenvalue weighted by atomic mass is 9.96. The van der Waals surface area contributed by atoms with E-state index in [1.165, 1.54) is 0 Å². The molecule has 0 atom stereocenters. The molecule has 0 aromatic carbocycles. The second-order valence-electron chi connectivity index (χ2n) is 6.36. The number of nitrogens with zero attached hydrogens (tertiary/aromatic N) is 4. The first-order chi connectivity index (χ1) is 10.7. The number of imidazole rings is 1. The molecule has 1 amide bonds. The average Bonchev–Trinajstić information content (AvgIpc) is 3.30. The summed E-state index contributed by atoms with van der Waals surface area (Å²) in [7, 11) is 2.00. The fourth-order valence-corrected chi connectivity index (χ4v) is 3.18. The summed E-state index contributed by atoms with van der Waals surface area (Å²) in [5.74, 6) is 1.35. The van der Waals surface area contributed by atoms with Crippen LogP contribution in [-0.4, -0.2) is 39.6 Å². The third-order valence-electron chi connectivity index (χ3n) is 4.68. The molecule has 22 heavy (non-hydrogen) atoms. The molecule has 1 aliphatic carbocycles. The smallest absolute Gasteiger partial charge is 0.223 e. The van der Waals surface area contributed by atoms with Crippen LogP contribution < -0.4 is 10.2 Å². The zero-order valence-corrected chi connectivity index (χ0v) is 12.8. The van der Waals surface area contributed by atoms with Gasteiger partial charge in [0.05, 0.1) is 0 Å². The number of aryl methyl sites for hydroxylation is 1. The number of carbonyl (C=O) groups excluding carboxylic acids is 1. The zero-order valence-electron chi connectivity index (χ0n) is 12.8. The minimum absolute atomic E-state index is 0.157. The highest BCUT2D eigenvalue weighted by Gasteiger charge is 2.30. The third-order valence-corrected chi connectivity index (χ3v) is 4.68. The van der Waals surface area contributed by atoms with E-state index < -0.39 is 0 Å². The number of carbonyl (C=O) groups is 1. The molecule has 1 saturated heterocycles. The topological polar surface area (TPSA) is 63.1 Å². The maximum Gasteiger partial charge on any atom is 0.223 e. The van der Waals surface area contributed by atoms with Crippen molar-refractivity contribution in [3.05, 3.63) is 18.3 Å². The van der Waals surface area contributed by atoms with E-state index in [9.17, 15) is 4.79 Å². The van der Waals surface area contributed by atoms with Crippen LogP contribution in [0.25, 0.3) is 11.2 Å². The summed E-state index contributed by atoms with van der Waals surface area (Å²) >= 11 is 0. The predicted octanol–water partition coefficient (Wildman–Crippen LogP) is 1.46. The van der Waals surface area contributed by atoms with Gasteiger partial charge in [0.2, 0.25) is 11.9 Å². The first-order valence-electron chi connectivity index (χ1n) is 8.05. The highest BCUT2D eigenvalue weighted by Crippen LogP contribution is 2.26. The van der Waals surface area contributed by atoms with Crippen molar-refractivity contribution < 1.29 is 4.79 Å². The summed E-state index contributed by atoms with van der Waals surface area (Å²) in [6.45, 7) is 1.75. The van der Waals surface area contributed by atoms with Crippen LogP contribution in [0.3, 0.4) is 0 Å². The van der Waals surface area contributed by atoms with Gasteiger partial charge in [0.1, 0.15) is 5.52 Å². The van der Waals surface area contributed by atoms with E-state index in [4.69, 9.17) is 4.98 Å². The molecule has 6 nitrogen and oxygen atoms in total. The Kier molecular flexibility index (Phi) is 3.24. The molecule has 116 valence electrons. The predicted molar refractivity (Wildman–Crippen MR) is 84.6 cm³/mol. The zero-order chi connectivity index (χ0) is 15.1. The van der Waals surface area contributed by atoms with Gasteiger partial charge in [0, 0.05) is 38.3 Å². The fraction of sp³-hybridized carbons (Fsp3) is 0.562. The van der Waals surface area contributed by atoms with Crippen LogP contribution in [0.2, 0.25) is 0 Å². The Morgan fingerprint density at radius 1 is 1.27 bits per heavy atom. The van der Waals surface area contributed by atoms with Gasteiger partial charge in [0.25, 0.3) is 0 Å². The summed E-state index contributed by atoms with van der Waals surface area (Å²) in [6, 6.07) is 4.35. The molecule has 2 fully saturated rings. The van der Waals surface area contributed by atoms with Gasteiger partial charge in [-0.15, -0.1) is 0 Å². The van der Waals surface area contributed by atoms with Crippen LogP contribution in [0.4, 0.5) is 5.95 Å². The van der Waals surface area contributed by atoms with Crippen LogP contribution in [0, 0.1) is 5.92 Å². The van der Waals surface area contributed by atoms with Crippen molar-refractivity contribution in [1.29, 1.82) is 0 Å². The van der Waals surface area contributed by atoms with Crippen molar-refractivity contribution in [3.63, 3.8) is 0 Å². The molecule has 2 aliphatic rings. The Bertz CT molecular complexity index is 698. The van der Waals surface area contributed by atoms with Crippen molar-refractivity contribution in [1.82, 2.24) is 19.9 Å². The number of aromatic nitrogens is 3. The van der Waals surface area contributed by atoms with E-state index in [0.29, 0.717) is 6.04 Å². The molecule has 4 rings (SSSR count). The van der Waals surface area contributed by atoms with Gasteiger partial charge >= 0.3 is 0 Å². The Balaban J connectivity index is 1.45. The van der Waals surface area contributed by atoms with Crippen LogP contribution in [-0.2, 0) is 11.8 Å². The van der Waals surface area contributed by atoms with E-state index in [2.05, 4.69) is 15.2 Å². The fourth-order valence-electron chi connectivity index (χ4n) is 3.18. The molecule has 0 bridgehead atoms. The Morgan fingerprint density at radius 2 is 2.05 bits per heavy atom. The van der Waals surface area contributed by atoms with Crippen LogP contribution in [0.15, 0.2) is 18.3 Å². The van der Waals surface area contributed by atoms with Gasteiger partial charge in [0.15, 0.2) is 5.65 Å². The van der Waals surface area contributed by atoms with Gasteiger partial charge in [-0.1, -0.05) is 0 Å². The van der Waals surface area contributed by atoms with Gasteiger partial charge < -0.3 is 10.2 Å². The largest absolute Gasteiger partial charge is 0.353 e. The van der Waals surface area contributed by atoms with Crippen molar-refractivity contribution in [2.45, 2.75) is 31.7 Å². The third kappa shape index (κ3) is 2.42. The summed E-state index contributed by atoms with van der Waals surface area (Å²) < 4.78 is 2.04. The summed E-state index contributed by atoms with van der Waals surface area (Å²) in [4.78, 5) is 23.5. The van der Waals surface area contributed by atoms with Crippen molar-refractivity contribution >= 4 is 23.0 Å². The van der Waals surface area contributed by atoms with E-state index in [1.807, 2.05) is 23.7 Å². The molecule has 6 heteroatoms. The maximum atomic E-state index is 12.1. The highest BCUT2D eigenvalue weighted by atomic mass is 16.2. The average molecular weight is 299 g/mol. The molecule has 2 aromatic heterocycles. The number of hydrogen-bond donors (Lipinski definition) is 1. The number of fused-ring (bicyclic) bond motifs is 1. The second-order valence-corrected chi connectivity index (χ2v) is 6.36. The number of amides is 1. The summed E-state index contributed by atoms with van der Waals surface area (Å²) in [5, 5.41) is 3.12. The van der Waals surface area contributed by atoms with E-state index in [-0.39, 0.29) is 11.8 Å². The summed E-state index contributed by atoms with van der Waals surface area (Å²) in [5.41, 5.74) is 1.83. The van der Waals surface area contributed by atoms with E-state index in [1.54, 1.807) is 6.20 Å². The van der Waals surface area contributed by atoms with Crippen LogP contribution in [0.1, 0.15) is 25.7 Å². The lowest BCUT2D eigenvalue weighted by Crippen LogP contribution is -2.41. The van der Waals surface area contributed by atoms with Crippen LogP contribution >= 0.6 is 0 Å². The molecule has 2 aromatic rings. The number of nitrogens with one attached hydrogen (secondary N) is 1. The molecule has 1 aliphatic heterocycles. The second kappa shape index (κ2) is 5.26. The molecular formula is C16H21N5O. The lowest BCUT2D eigenvalue weighted by Gasteiger charge is -2.31. The van der Waals surface area contributed by atoms with Gasteiger partial charge in [-0.25, -0.2) is 9.97 Å². The molecule has 1 N–H and O–H groups in total. The Labute approximate surface area is 129 Å². The molecule has 0 spiro atoms. The SMILES string of the molecule is Cn1c(N2CCC(C(=O)NC3CC3)CC2)nc2cccnc21. The number of hydrogen-bond acceptors (Lipinski definition) is 4. The minimum atomic E-state index is 0.157. The van der Waals surface area contributed by atoms with E-state index in [0.717, 1.165) is 55.9 Å². The quantitative estimate of drug-likeness (QED) is 0.932. The van der Waals surface area contributed by atoms with Gasteiger partial charge in [-0.3, -0.25) is 9.36 Å². The molecular weight excluding hydrogens is 278 g/mol. The number of rotatable bonds is 3. The minimum Gasteiger partial charge on any atom is -0.353 e. The number of pyridine rings is 1. The van der Waals surface area contributed by atoms with Gasteiger partial charge in [-0.2, -0.15) is 0 Å². The van der Waals surface area contributed by atoms with Crippen LogP contribution in [0.5, 0.6) is 0 Å².